The number of nitrogens with zero attached hydrogens (tertiary/aromatic N) is 2. The van der Waals surface area contributed by atoms with Gasteiger partial charge < -0.3 is 5.32 Å². The Morgan fingerprint density at radius 1 is 1.50 bits per heavy atom. The van der Waals surface area contributed by atoms with Crippen LogP contribution in [0, 0.1) is 12.8 Å². The zero-order valence-electron chi connectivity index (χ0n) is 9.83. The first-order valence-corrected chi connectivity index (χ1v) is 5.31. The van der Waals surface area contributed by atoms with E-state index < -0.39 is 0 Å². The Morgan fingerprint density at radius 2 is 2.14 bits per heavy atom. The monoisotopic (exact) mass is 195 g/mol. The van der Waals surface area contributed by atoms with Gasteiger partial charge in [0.25, 0.3) is 0 Å². The summed E-state index contributed by atoms with van der Waals surface area (Å²) in [5.41, 5.74) is 1.06. The van der Waals surface area contributed by atoms with Gasteiger partial charge in [0.1, 0.15) is 5.82 Å². The number of aromatic nitrogens is 2. The van der Waals surface area contributed by atoms with Crippen LogP contribution in [0.1, 0.15) is 32.9 Å². The summed E-state index contributed by atoms with van der Waals surface area (Å²) >= 11 is 0. The molecular formula is C11H21N3. The maximum absolute atomic E-state index is 4.31. The van der Waals surface area contributed by atoms with Crippen LogP contribution in [0.5, 0.6) is 0 Å². The number of anilines is 1. The highest BCUT2D eigenvalue weighted by Gasteiger charge is 2.12. The first kappa shape index (κ1) is 11.1. The minimum absolute atomic E-state index is 0.532. The van der Waals surface area contributed by atoms with E-state index in [9.17, 15) is 0 Å². The van der Waals surface area contributed by atoms with Crippen molar-refractivity contribution in [1.29, 1.82) is 0 Å². The average Bonchev–Trinajstić information content (AvgIpc) is 2.40. The molecule has 0 spiro atoms. The molecule has 80 valence electrons. The van der Waals surface area contributed by atoms with Crippen LogP contribution >= 0.6 is 0 Å². The highest BCUT2D eigenvalue weighted by Crippen LogP contribution is 2.15. The van der Waals surface area contributed by atoms with Gasteiger partial charge in [-0.1, -0.05) is 20.8 Å². The van der Waals surface area contributed by atoms with Gasteiger partial charge in [-0.05, 0) is 19.3 Å². The topological polar surface area (TPSA) is 29.9 Å². The van der Waals surface area contributed by atoms with Crippen molar-refractivity contribution in [2.45, 2.75) is 40.2 Å². The van der Waals surface area contributed by atoms with Crippen LogP contribution in [0.15, 0.2) is 6.07 Å². The fourth-order valence-corrected chi connectivity index (χ4v) is 1.68. The minimum atomic E-state index is 0.532. The van der Waals surface area contributed by atoms with E-state index in [4.69, 9.17) is 0 Å². The molecule has 1 N–H and O–H groups in total. The quantitative estimate of drug-likeness (QED) is 0.800. The molecule has 3 heteroatoms. The summed E-state index contributed by atoms with van der Waals surface area (Å²) in [6.45, 7) is 8.71. The maximum Gasteiger partial charge on any atom is 0.124 e. The third-order valence-electron chi connectivity index (χ3n) is 2.58. The SMILES string of the molecule is CCC(Nc1cc(C)nn1C)C(C)C. The van der Waals surface area contributed by atoms with Crippen molar-refractivity contribution in [2.75, 3.05) is 5.32 Å². The van der Waals surface area contributed by atoms with Crippen LogP contribution in [-0.4, -0.2) is 15.8 Å². The predicted molar refractivity (Wildman–Crippen MR) is 60.5 cm³/mol. The third kappa shape index (κ3) is 2.50. The lowest BCUT2D eigenvalue weighted by atomic mass is 10.0. The zero-order valence-corrected chi connectivity index (χ0v) is 9.83. The van der Waals surface area contributed by atoms with Gasteiger partial charge in [0.05, 0.1) is 5.69 Å². The van der Waals surface area contributed by atoms with Crippen LogP contribution in [-0.2, 0) is 7.05 Å². The largest absolute Gasteiger partial charge is 0.367 e. The minimum Gasteiger partial charge on any atom is -0.367 e. The zero-order chi connectivity index (χ0) is 10.7. The number of rotatable bonds is 4. The highest BCUT2D eigenvalue weighted by molar-refractivity contribution is 5.37. The molecule has 1 unspecified atom stereocenters. The molecule has 0 aliphatic carbocycles. The van der Waals surface area contributed by atoms with E-state index in [0.29, 0.717) is 12.0 Å². The van der Waals surface area contributed by atoms with E-state index in [1.54, 1.807) is 0 Å². The molecular weight excluding hydrogens is 174 g/mol. The normalized spacial score (nSPS) is 13.3. The number of hydrogen-bond donors (Lipinski definition) is 1. The second-order valence-corrected chi connectivity index (χ2v) is 4.20. The Balaban J connectivity index is 2.71. The molecule has 0 aliphatic rings. The number of aryl methyl sites for hydroxylation is 2. The lowest BCUT2D eigenvalue weighted by Crippen LogP contribution is -2.25. The summed E-state index contributed by atoms with van der Waals surface area (Å²) in [6.07, 6.45) is 1.14. The molecule has 14 heavy (non-hydrogen) atoms. The molecule has 0 aromatic carbocycles. The highest BCUT2D eigenvalue weighted by atomic mass is 15.3. The lowest BCUT2D eigenvalue weighted by Gasteiger charge is -2.21. The molecule has 1 aromatic rings. The van der Waals surface area contributed by atoms with E-state index in [2.05, 4.69) is 37.3 Å². The van der Waals surface area contributed by atoms with Crippen molar-refractivity contribution in [3.63, 3.8) is 0 Å². The van der Waals surface area contributed by atoms with E-state index in [1.807, 2.05) is 18.7 Å². The fourth-order valence-electron chi connectivity index (χ4n) is 1.68. The van der Waals surface area contributed by atoms with E-state index in [-0.39, 0.29) is 0 Å². The van der Waals surface area contributed by atoms with Crippen molar-refractivity contribution < 1.29 is 0 Å². The Hall–Kier alpha value is -0.990. The van der Waals surface area contributed by atoms with Crippen molar-refractivity contribution >= 4 is 5.82 Å². The first-order chi connectivity index (χ1) is 6.54. The van der Waals surface area contributed by atoms with Crippen LogP contribution in [0.25, 0.3) is 0 Å². The summed E-state index contributed by atoms with van der Waals surface area (Å²) in [6, 6.07) is 2.62. The van der Waals surface area contributed by atoms with Gasteiger partial charge in [-0.25, -0.2) is 0 Å². The summed E-state index contributed by atoms with van der Waals surface area (Å²) < 4.78 is 1.90. The van der Waals surface area contributed by atoms with Crippen molar-refractivity contribution in [2.24, 2.45) is 13.0 Å². The molecule has 0 fully saturated rings. The lowest BCUT2D eigenvalue weighted by molar-refractivity contribution is 0.506. The molecule has 1 atom stereocenters. The molecule has 3 nitrogen and oxygen atoms in total. The van der Waals surface area contributed by atoms with Gasteiger partial charge in [0, 0.05) is 19.2 Å². The Labute approximate surface area is 86.5 Å². The summed E-state index contributed by atoms with van der Waals surface area (Å²) in [5.74, 6) is 1.76. The molecule has 0 bridgehead atoms. The molecule has 0 saturated heterocycles. The van der Waals surface area contributed by atoms with Crippen molar-refractivity contribution in [1.82, 2.24) is 9.78 Å². The Morgan fingerprint density at radius 3 is 2.50 bits per heavy atom. The summed E-state index contributed by atoms with van der Waals surface area (Å²) in [5, 5.41) is 7.83. The Bertz CT molecular complexity index is 289. The van der Waals surface area contributed by atoms with E-state index >= 15 is 0 Å². The standard InChI is InChI=1S/C11H21N3/c1-6-10(8(2)3)12-11-7-9(4)13-14(11)5/h7-8,10,12H,6H2,1-5H3. The molecule has 1 rings (SSSR count). The van der Waals surface area contributed by atoms with E-state index in [1.165, 1.54) is 0 Å². The second-order valence-electron chi connectivity index (χ2n) is 4.20. The maximum atomic E-state index is 4.31. The second kappa shape index (κ2) is 4.49. The summed E-state index contributed by atoms with van der Waals surface area (Å²) in [7, 11) is 1.97. The van der Waals surface area contributed by atoms with Gasteiger partial charge in [-0.2, -0.15) is 5.10 Å². The average molecular weight is 195 g/mol. The number of hydrogen-bond acceptors (Lipinski definition) is 2. The molecule has 0 amide bonds. The van der Waals surface area contributed by atoms with Gasteiger partial charge in [-0.3, -0.25) is 4.68 Å². The van der Waals surface area contributed by atoms with Crippen LogP contribution in [0.2, 0.25) is 0 Å². The van der Waals surface area contributed by atoms with Gasteiger partial charge in [0.2, 0.25) is 0 Å². The molecule has 1 heterocycles. The van der Waals surface area contributed by atoms with Gasteiger partial charge in [-0.15, -0.1) is 0 Å². The van der Waals surface area contributed by atoms with Crippen molar-refractivity contribution in [3.05, 3.63) is 11.8 Å². The number of nitrogens with one attached hydrogen (secondary N) is 1. The van der Waals surface area contributed by atoms with Crippen LogP contribution < -0.4 is 5.32 Å². The molecule has 0 saturated carbocycles. The summed E-state index contributed by atoms with van der Waals surface area (Å²) in [4.78, 5) is 0. The fraction of sp³-hybridized carbons (Fsp3) is 0.727. The predicted octanol–water partition coefficient (Wildman–Crippen LogP) is 2.58. The third-order valence-corrected chi connectivity index (χ3v) is 2.58. The van der Waals surface area contributed by atoms with Crippen molar-refractivity contribution in [3.8, 4) is 0 Å². The van der Waals surface area contributed by atoms with Crippen LogP contribution in [0.4, 0.5) is 5.82 Å². The first-order valence-electron chi connectivity index (χ1n) is 5.31. The molecule has 0 aliphatic heterocycles. The van der Waals surface area contributed by atoms with E-state index in [0.717, 1.165) is 17.9 Å². The van der Waals surface area contributed by atoms with Gasteiger partial charge >= 0.3 is 0 Å². The molecule has 1 aromatic heterocycles. The Kier molecular flexibility index (Phi) is 3.55. The molecule has 0 radical (unpaired) electrons. The van der Waals surface area contributed by atoms with Crippen LogP contribution in [0.3, 0.4) is 0 Å². The smallest absolute Gasteiger partial charge is 0.124 e. The van der Waals surface area contributed by atoms with Gasteiger partial charge in [0.15, 0.2) is 0 Å².